The molecule has 0 aliphatic carbocycles. The average molecular weight is 471 g/mol. The average Bonchev–Trinajstić information content (AvgIpc) is 3.05. The second kappa shape index (κ2) is 11.5. The Morgan fingerprint density at radius 2 is 1.85 bits per heavy atom. The van der Waals surface area contributed by atoms with Gasteiger partial charge in [-0.2, -0.15) is 0 Å². The normalized spacial score (nSPS) is 19.7. The van der Waals surface area contributed by atoms with Gasteiger partial charge in [0.05, 0.1) is 18.2 Å². The molecule has 1 unspecified atom stereocenters. The summed E-state index contributed by atoms with van der Waals surface area (Å²) in [7, 11) is 0. The molecule has 2 aliphatic rings. The number of hydrogen-bond acceptors (Lipinski definition) is 5. The van der Waals surface area contributed by atoms with E-state index in [1.54, 1.807) is 11.8 Å². The molecule has 0 aromatic heterocycles. The Kier molecular flexibility index (Phi) is 8.72. The molecule has 2 aliphatic heterocycles. The highest BCUT2D eigenvalue weighted by molar-refractivity contribution is 5.95. The standard InChI is InChI=1S/C26H38N4O4/c1-6-22(31)29-13-9-12-28(14-15-29)17-21-23(25(32)34-8-3)24(27-26(33)30(21)7-2)20-16-18(4)10-11-19(20)5/h10-11,16,24H,6-9,12-15,17H2,1-5H3,(H,27,33). The van der Waals surface area contributed by atoms with Crippen molar-refractivity contribution in [3.8, 4) is 0 Å². The summed E-state index contributed by atoms with van der Waals surface area (Å²) in [5.41, 5.74) is 4.14. The third kappa shape index (κ3) is 5.60. The van der Waals surface area contributed by atoms with Crippen molar-refractivity contribution in [2.24, 2.45) is 0 Å². The van der Waals surface area contributed by atoms with Gasteiger partial charge >= 0.3 is 12.0 Å². The molecular weight excluding hydrogens is 432 g/mol. The largest absolute Gasteiger partial charge is 0.463 e. The summed E-state index contributed by atoms with van der Waals surface area (Å²) in [6.45, 7) is 13.6. The number of ether oxygens (including phenoxy) is 1. The second-order valence-electron chi connectivity index (χ2n) is 8.93. The maximum absolute atomic E-state index is 13.3. The Labute approximate surface area is 202 Å². The van der Waals surface area contributed by atoms with E-state index in [4.69, 9.17) is 4.74 Å². The zero-order chi connectivity index (χ0) is 24.8. The molecular formula is C26H38N4O4. The van der Waals surface area contributed by atoms with Crippen molar-refractivity contribution in [2.45, 2.75) is 53.5 Å². The molecule has 1 fully saturated rings. The second-order valence-corrected chi connectivity index (χ2v) is 8.93. The van der Waals surface area contributed by atoms with Crippen LogP contribution < -0.4 is 5.32 Å². The highest BCUT2D eigenvalue weighted by Gasteiger charge is 2.39. The van der Waals surface area contributed by atoms with Crippen LogP contribution in [-0.2, 0) is 14.3 Å². The lowest BCUT2D eigenvalue weighted by atomic mass is 9.90. The Morgan fingerprint density at radius 3 is 2.53 bits per heavy atom. The molecule has 8 heteroatoms. The quantitative estimate of drug-likeness (QED) is 0.619. The van der Waals surface area contributed by atoms with Crippen molar-refractivity contribution in [2.75, 3.05) is 45.9 Å². The van der Waals surface area contributed by atoms with Crippen LogP contribution in [0.2, 0.25) is 0 Å². The van der Waals surface area contributed by atoms with Crippen LogP contribution in [0.4, 0.5) is 4.79 Å². The van der Waals surface area contributed by atoms with Crippen LogP contribution in [0.25, 0.3) is 0 Å². The van der Waals surface area contributed by atoms with Gasteiger partial charge in [0.15, 0.2) is 0 Å². The topological polar surface area (TPSA) is 82.2 Å². The Morgan fingerprint density at radius 1 is 1.09 bits per heavy atom. The predicted molar refractivity (Wildman–Crippen MR) is 131 cm³/mol. The van der Waals surface area contributed by atoms with E-state index in [-0.39, 0.29) is 18.5 Å². The molecule has 1 atom stereocenters. The van der Waals surface area contributed by atoms with E-state index in [1.165, 1.54) is 0 Å². The Balaban J connectivity index is 2.03. The molecule has 0 spiro atoms. The minimum absolute atomic E-state index is 0.162. The summed E-state index contributed by atoms with van der Waals surface area (Å²) >= 11 is 0. The smallest absolute Gasteiger partial charge is 0.338 e. The molecule has 1 N–H and O–H groups in total. The Bertz CT molecular complexity index is 958. The van der Waals surface area contributed by atoms with E-state index in [9.17, 15) is 14.4 Å². The fourth-order valence-electron chi connectivity index (χ4n) is 4.78. The fraction of sp³-hybridized carbons (Fsp3) is 0.577. The lowest BCUT2D eigenvalue weighted by Crippen LogP contribution is -2.51. The van der Waals surface area contributed by atoms with Crippen molar-refractivity contribution in [3.05, 3.63) is 46.2 Å². The fourth-order valence-corrected chi connectivity index (χ4v) is 4.78. The van der Waals surface area contributed by atoms with Crippen molar-refractivity contribution in [3.63, 3.8) is 0 Å². The summed E-state index contributed by atoms with van der Waals surface area (Å²) < 4.78 is 5.49. The van der Waals surface area contributed by atoms with Crippen LogP contribution in [0.15, 0.2) is 29.5 Å². The molecule has 2 heterocycles. The number of carbonyl (C=O) groups excluding carboxylic acids is 3. The Hall–Kier alpha value is -2.87. The zero-order valence-electron chi connectivity index (χ0n) is 21.1. The number of benzene rings is 1. The number of nitrogens with one attached hydrogen (secondary N) is 1. The molecule has 1 saturated heterocycles. The number of carbonyl (C=O) groups is 3. The molecule has 0 saturated carbocycles. The molecule has 0 bridgehead atoms. The molecule has 0 radical (unpaired) electrons. The summed E-state index contributed by atoms with van der Waals surface area (Å²) in [4.78, 5) is 44.5. The van der Waals surface area contributed by atoms with Crippen LogP contribution in [-0.4, -0.2) is 78.5 Å². The van der Waals surface area contributed by atoms with Gasteiger partial charge in [-0.05, 0) is 45.2 Å². The first-order chi connectivity index (χ1) is 16.3. The highest BCUT2D eigenvalue weighted by atomic mass is 16.5. The van der Waals surface area contributed by atoms with Gasteiger partial charge in [0.1, 0.15) is 0 Å². The summed E-state index contributed by atoms with van der Waals surface area (Å²) in [6.07, 6.45) is 1.35. The SMILES string of the molecule is CCOC(=O)C1=C(CN2CCCN(C(=O)CC)CC2)N(CC)C(=O)NC1c1cc(C)ccc1C. The number of esters is 1. The molecule has 3 amide bonds. The predicted octanol–water partition coefficient (Wildman–Crippen LogP) is 3.15. The number of urea groups is 1. The molecule has 3 rings (SSSR count). The number of aryl methyl sites for hydroxylation is 2. The minimum atomic E-state index is -0.575. The summed E-state index contributed by atoms with van der Waals surface area (Å²) in [5, 5.41) is 3.06. The third-order valence-electron chi connectivity index (χ3n) is 6.61. The number of amides is 3. The van der Waals surface area contributed by atoms with E-state index in [1.807, 2.05) is 50.8 Å². The van der Waals surface area contributed by atoms with Gasteiger partial charge in [-0.15, -0.1) is 0 Å². The van der Waals surface area contributed by atoms with E-state index in [2.05, 4.69) is 10.2 Å². The van der Waals surface area contributed by atoms with Crippen molar-refractivity contribution >= 4 is 17.9 Å². The van der Waals surface area contributed by atoms with Gasteiger partial charge in [0.2, 0.25) is 5.91 Å². The number of nitrogens with zero attached hydrogens (tertiary/aromatic N) is 3. The van der Waals surface area contributed by atoms with E-state index >= 15 is 0 Å². The van der Waals surface area contributed by atoms with Crippen LogP contribution in [0.3, 0.4) is 0 Å². The minimum Gasteiger partial charge on any atom is -0.463 e. The van der Waals surface area contributed by atoms with Gasteiger partial charge in [0.25, 0.3) is 0 Å². The van der Waals surface area contributed by atoms with Gasteiger partial charge in [-0.3, -0.25) is 14.6 Å². The van der Waals surface area contributed by atoms with E-state index < -0.39 is 12.0 Å². The van der Waals surface area contributed by atoms with Gasteiger partial charge in [0, 0.05) is 51.4 Å². The maximum atomic E-state index is 13.3. The van der Waals surface area contributed by atoms with Crippen LogP contribution >= 0.6 is 0 Å². The monoisotopic (exact) mass is 470 g/mol. The van der Waals surface area contributed by atoms with Crippen LogP contribution in [0, 0.1) is 13.8 Å². The maximum Gasteiger partial charge on any atom is 0.338 e. The van der Waals surface area contributed by atoms with Crippen molar-refractivity contribution in [1.82, 2.24) is 20.0 Å². The molecule has 1 aromatic rings. The van der Waals surface area contributed by atoms with Crippen molar-refractivity contribution in [1.29, 1.82) is 0 Å². The first-order valence-corrected chi connectivity index (χ1v) is 12.4. The third-order valence-corrected chi connectivity index (χ3v) is 6.61. The number of hydrogen-bond donors (Lipinski definition) is 1. The van der Waals surface area contributed by atoms with Gasteiger partial charge in [-0.25, -0.2) is 9.59 Å². The molecule has 34 heavy (non-hydrogen) atoms. The zero-order valence-corrected chi connectivity index (χ0v) is 21.1. The number of rotatable bonds is 7. The van der Waals surface area contributed by atoms with Crippen LogP contribution in [0.1, 0.15) is 56.3 Å². The van der Waals surface area contributed by atoms with E-state index in [0.29, 0.717) is 43.9 Å². The van der Waals surface area contributed by atoms with Crippen molar-refractivity contribution < 1.29 is 19.1 Å². The molecule has 186 valence electrons. The molecule has 1 aromatic carbocycles. The highest BCUT2D eigenvalue weighted by Crippen LogP contribution is 2.34. The first-order valence-electron chi connectivity index (χ1n) is 12.4. The summed E-state index contributed by atoms with van der Waals surface area (Å²) in [6, 6.07) is 5.28. The van der Waals surface area contributed by atoms with Crippen LogP contribution in [0.5, 0.6) is 0 Å². The number of likely N-dealkylation sites (N-methyl/N-ethyl adjacent to an activating group) is 1. The lowest BCUT2D eigenvalue weighted by Gasteiger charge is -2.38. The molecule has 8 nitrogen and oxygen atoms in total. The first kappa shape index (κ1) is 25.7. The van der Waals surface area contributed by atoms with Gasteiger partial charge in [-0.1, -0.05) is 30.7 Å². The lowest BCUT2D eigenvalue weighted by molar-refractivity contribution is -0.139. The summed E-state index contributed by atoms with van der Waals surface area (Å²) in [5.74, 6) is -0.241. The van der Waals surface area contributed by atoms with E-state index in [0.717, 1.165) is 36.2 Å². The van der Waals surface area contributed by atoms with Gasteiger partial charge < -0.3 is 15.0 Å².